The van der Waals surface area contributed by atoms with Crippen molar-refractivity contribution in [2.45, 2.75) is 20.4 Å². The minimum absolute atomic E-state index is 0.100. The molecule has 0 spiro atoms. The highest BCUT2D eigenvalue weighted by Crippen LogP contribution is 2.29. The van der Waals surface area contributed by atoms with Gasteiger partial charge in [0.05, 0.1) is 13.2 Å². The van der Waals surface area contributed by atoms with Crippen LogP contribution in [0.25, 0.3) is 6.08 Å². The lowest BCUT2D eigenvalue weighted by Crippen LogP contribution is -2.24. The normalized spacial score (nSPS) is 10.8. The molecule has 0 fully saturated rings. The van der Waals surface area contributed by atoms with E-state index in [2.05, 4.69) is 0 Å². The Morgan fingerprint density at radius 3 is 2.46 bits per heavy atom. The van der Waals surface area contributed by atoms with Crippen LogP contribution in [0.2, 0.25) is 5.02 Å². The number of amides is 1. The molecule has 0 aromatic heterocycles. The Labute approximate surface area is 160 Å². The maximum Gasteiger partial charge on any atom is 0.246 e. The van der Waals surface area contributed by atoms with Crippen molar-refractivity contribution in [1.29, 1.82) is 0 Å². The zero-order valence-corrected chi connectivity index (χ0v) is 16.1. The summed E-state index contributed by atoms with van der Waals surface area (Å²) in [6.45, 7) is 5.42. The molecule has 26 heavy (non-hydrogen) atoms. The van der Waals surface area contributed by atoms with E-state index in [0.717, 1.165) is 11.1 Å². The van der Waals surface area contributed by atoms with E-state index < -0.39 is 0 Å². The van der Waals surface area contributed by atoms with E-state index in [1.807, 2.05) is 56.3 Å². The minimum Gasteiger partial charge on any atom is -0.490 e. The molecular weight excluding hydrogens is 350 g/mol. The van der Waals surface area contributed by atoms with E-state index in [0.29, 0.717) is 36.3 Å². The fraction of sp³-hybridized carbons (Fsp3) is 0.286. The second kappa shape index (κ2) is 9.88. The number of nitrogens with zero attached hydrogens (tertiary/aromatic N) is 1. The summed E-state index contributed by atoms with van der Waals surface area (Å²) in [5.41, 5.74) is 1.79. The van der Waals surface area contributed by atoms with Crippen LogP contribution >= 0.6 is 11.6 Å². The number of likely N-dealkylation sites (N-methyl/N-ethyl adjacent to an activating group) is 1. The molecule has 0 saturated carbocycles. The molecule has 0 radical (unpaired) electrons. The molecule has 2 rings (SSSR count). The van der Waals surface area contributed by atoms with Gasteiger partial charge in [0.1, 0.15) is 0 Å². The second-order valence-electron chi connectivity index (χ2n) is 5.69. The van der Waals surface area contributed by atoms with Crippen molar-refractivity contribution in [1.82, 2.24) is 4.90 Å². The Morgan fingerprint density at radius 2 is 1.77 bits per heavy atom. The number of halogens is 1. The molecule has 2 aromatic rings. The molecular formula is C21H24ClNO3. The summed E-state index contributed by atoms with van der Waals surface area (Å²) in [5, 5.41) is 0.656. The van der Waals surface area contributed by atoms with Crippen molar-refractivity contribution in [2.24, 2.45) is 0 Å². The fourth-order valence-corrected chi connectivity index (χ4v) is 2.62. The van der Waals surface area contributed by atoms with Crippen molar-refractivity contribution in [2.75, 3.05) is 20.3 Å². The van der Waals surface area contributed by atoms with Crippen LogP contribution in [0.4, 0.5) is 0 Å². The second-order valence-corrected chi connectivity index (χ2v) is 6.10. The van der Waals surface area contributed by atoms with Gasteiger partial charge in [0.15, 0.2) is 11.5 Å². The summed E-state index contributed by atoms with van der Waals surface area (Å²) in [6, 6.07) is 13.1. The lowest BCUT2D eigenvalue weighted by Gasteiger charge is -2.16. The van der Waals surface area contributed by atoms with E-state index in [1.54, 1.807) is 24.1 Å². The molecule has 2 aromatic carbocycles. The van der Waals surface area contributed by atoms with Crippen molar-refractivity contribution in [3.8, 4) is 11.5 Å². The number of hydrogen-bond acceptors (Lipinski definition) is 3. The molecule has 4 nitrogen and oxygen atoms in total. The Bertz CT molecular complexity index is 774. The van der Waals surface area contributed by atoms with Crippen LogP contribution in [-0.2, 0) is 11.3 Å². The number of benzene rings is 2. The van der Waals surface area contributed by atoms with Gasteiger partial charge in [0.25, 0.3) is 0 Å². The monoisotopic (exact) mass is 373 g/mol. The predicted molar refractivity (Wildman–Crippen MR) is 106 cm³/mol. The summed E-state index contributed by atoms with van der Waals surface area (Å²) >= 11 is 6.15. The predicted octanol–water partition coefficient (Wildman–Crippen LogP) is 4.81. The van der Waals surface area contributed by atoms with Gasteiger partial charge in [0.2, 0.25) is 5.91 Å². The van der Waals surface area contributed by atoms with Gasteiger partial charge < -0.3 is 14.4 Å². The van der Waals surface area contributed by atoms with Gasteiger partial charge in [-0.2, -0.15) is 0 Å². The molecule has 0 unspecified atom stereocenters. The first-order chi connectivity index (χ1) is 12.5. The minimum atomic E-state index is -0.100. The summed E-state index contributed by atoms with van der Waals surface area (Å²) in [4.78, 5) is 14.0. The van der Waals surface area contributed by atoms with Crippen molar-refractivity contribution < 1.29 is 14.3 Å². The van der Waals surface area contributed by atoms with Crippen LogP contribution < -0.4 is 9.47 Å². The van der Waals surface area contributed by atoms with Crippen LogP contribution in [0.3, 0.4) is 0 Å². The van der Waals surface area contributed by atoms with Gasteiger partial charge in [-0.15, -0.1) is 0 Å². The van der Waals surface area contributed by atoms with Gasteiger partial charge in [-0.25, -0.2) is 0 Å². The average Bonchev–Trinajstić information content (AvgIpc) is 2.63. The molecule has 0 bridgehead atoms. The van der Waals surface area contributed by atoms with Crippen LogP contribution in [-0.4, -0.2) is 31.1 Å². The maximum absolute atomic E-state index is 12.4. The van der Waals surface area contributed by atoms with Crippen molar-refractivity contribution in [3.63, 3.8) is 0 Å². The number of rotatable bonds is 8. The number of ether oxygens (including phenoxy) is 2. The molecule has 0 saturated heterocycles. The largest absolute Gasteiger partial charge is 0.490 e. The molecule has 1 amide bonds. The quantitative estimate of drug-likeness (QED) is 0.623. The lowest BCUT2D eigenvalue weighted by molar-refractivity contribution is -0.125. The standard InChI is InChI=1S/C21H24ClNO3/c1-4-25-19-12-10-16(14-20(19)26-5-2)11-13-21(24)23(3)15-17-8-6-7-9-18(17)22/h6-14H,4-5,15H2,1-3H3/b13-11+. The number of hydrogen-bond donors (Lipinski definition) is 0. The van der Waals surface area contributed by atoms with E-state index in [-0.39, 0.29) is 5.91 Å². The number of carbonyl (C=O) groups is 1. The van der Waals surface area contributed by atoms with Gasteiger partial charge in [-0.3, -0.25) is 4.79 Å². The van der Waals surface area contributed by atoms with Crippen molar-refractivity contribution in [3.05, 3.63) is 64.7 Å². The fourth-order valence-electron chi connectivity index (χ4n) is 2.43. The van der Waals surface area contributed by atoms with Gasteiger partial charge in [-0.05, 0) is 49.2 Å². The summed E-state index contributed by atoms with van der Waals surface area (Å²) in [5.74, 6) is 1.28. The summed E-state index contributed by atoms with van der Waals surface area (Å²) in [6.07, 6.45) is 3.31. The Kier molecular flexibility index (Phi) is 7.54. The lowest BCUT2D eigenvalue weighted by atomic mass is 10.1. The van der Waals surface area contributed by atoms with Gasteiger partial charge in [0, 0.05) is 24.7 Å². The highest BCUT2D eigenvalue weighted by molar-refractivity contribution is 6.31. The summed E-state index contributed by atoms with van der Waals surface area (Å²) in [7, 11) is 1.75. The molecule has 0 N–H and O–H groups in total. The third-order valence-electron chi connectivity index (χ3n) is 3.73. The van der Waals surface area contributed by atoms with E-state index in [9.17, 15) is 4.79 Å². The van der Waals surface area contributed by atoms with Crippen LogP contribution in [0.5, 0.6) is 11.5 Å². The Hall–Kier alpha value is -2.46. The first kappa shape index (κ1) is 19.9. The Morgan fingerprint density at radius 1 is 1.08 bits per heavy atom. The highest BCUT2D eigenvalue weighted by atomic mass is 35.5. The average molecular weight is 374 g/mol. The zero-order chi connectivity index (χ0) is 18.9. The number of carbonyl (C=O) groups excluding carboxylic acids is 1. The van der Waals surface area contributed by atoms with E-state index in [4.69, 9.17) is 21.1 Å². The molecule has 0 atom stereocenters. The molecule has 0 aliphatic heterocycles. The maximum atomic E-state index is 12.4. The molecule has 0 aliphatic rings. The molecule has 138 valence electrons. The van der Waals surface area contributed by atoms with Crippen LogP contribution in [0.15, 0.2) is 48.5 Å². The first-order valence-corrected chi connectivity index (χ1v) is 8.99. The van der Waals surface area contributed by atoms with E-state index >= 15 is 0 Å². The van der Waals surface area contributed by atoms with E-state index in [1.165, 1.54) is 0 Å². The SMILES string of the molecule is CCOc1ccc(/C=C/C(=O)N(C)Cc2ccccc2Cl)cc1OCC. The molecule has 0 aliphatic carbocycles. The third-order valence-corrected chi connectivity index (χ3v) is 4.10. The highest BCUT2D eigenvalue weighted by Gasteiger charge is 2.09. The summed E-state index contributed by atoms with van der Waals surface area (Å²) < 4.78 is 11.2. The molecule has 5 heteroatoms. The van der Waals surface area contributed by atoms with Crippen molar-refractivity contribution >= 4 is 23.6 Å². The first-order valence-electron chi connectivity index (χ1n) is 8.61. The smallest absolute Gasteiger partial charge is 0.246 e. The molecule has 0 heterocycles. The zero-order valence-electron chi connectivity index (χ0n) is 15.4. The Balaban J connectivity index is 2.06. The topological polar surface area (TPSA) is 38.8 Å². The van der Waals surface area contributed by atoms with Crippen LogP contribution in [0, 0.1) is 0 Å². The third kappa shape index (κ3) is 5.53. The van der Waals surface area contributed by atoms with Gasteiger partial charge in [-0.1, -0.05) is 35.9 Å². The van der Waals surface area contributed by atoms with Crippen LogP contribution in [0.1, 0.15) is 25.0 Å². The van der Waals surface area contributed by atoms with Gasteiger partial charge >= 0.3 is 0 Å².